The highest BCUT2D eigenvalue weighted by Crippen LogP contribution is 2.59. The van der Waals surface area contributed by atoms with E-state index in [9.17, 15) is 0 Å². The van der Waals surface area contributed by atoms with Gasteiger partial charge in [-0.05, 0) is 61.7 Å². The Morgan fingerprint density at radius 3 is 2.21 bits per heavy atom. The van der Waals surface area contributed by atoms with Crippen molar-refractivity contribution in [3.05, 3.63) is 11.8 Å². The summed E-state index contributed by atoms with van der Waals surface area (Å²) >= 11 is 0. The van der Waals surface area contributed by atoms with Crippen molar-refractivity contribution in [2.75, 3.05) is 6.54 Å². The molecule has 4 bridgehead atoms. The topological polar surface area (TPSA) is 64.9 Å². The van der Waals surface area contributed by atoms with Gasteiger partial charge in [0.05, 0.1) is 5.92 Å². The van der Waals surface area contributed by atoms with Gasteiger partial charge in [0.25, 0.3) is 0 Å². The molecule has 5 rings (SSSR count). The zero-order chi connectivity index (χ0) is 13.0. The number of hydrogen-bond donors (Lipinski definition) is 1. The Morgan fingerprint density at radius 1 is 1.11 bits per heavy atom. The van der Waals surface area contributed by atoms with Crippen molar-refractivity contribution >= 4 is 0 Å². The van der Waals surface area contributed by atoms with E-state index in [1.54, 1.807) is 0 Å². The second kappa shape index (κ2) is 4.30. The molecule has 0 radical (unpaired) electrons. The summed E-state index contributed by atoms with van der Waals surface area (Å²) in [6, 6.07) is 0. The van der Waals surface area contributed by atoms with Crippen molar-refractivity contribution in [1.29, 1.82) is 0 Å². The Balaban J connectivity index is 1.63. The van der Waals surface area contributed by atoms with E-state index in [-0.39, 0.29) is 5.92 Å². The monoisotopic (exact) mass is 261 g/mol. The summed E-state index contributed by atoms with van der Waals surface area (Å²) < 4.78 is 5.69. The molecule has 4 aliphatic carbocycles. The Bertz CT molecular complexity index is 442. The van der Waals surface area contributed by atoms with E-state index < -0.39 is 0 Å². The fourth-order valence-electron chi connectivity index (χ4n) is 5.51. The van der Waals surface area contributed by atoms with Gasteiger partial charge in [0, 0.05) is 13.5 Å². The quantitative estimate of drug-likeness (QED) is 0.908. The summed E-state index contributed by atoms with van der Waals surface area (Å²) in [7, 11) is 0. The lowest BCUT2D eigenvalue weighted by Gasteiger charge is -2.56. The molecule has 104 valence electrons. The summed E-state index contributed by atoms with van der Waals surface area (Å²) in [5.41, 5.74) is 6.07. The molecule has 4 aliphatic rings. The van der Waals surface area contributed by atoms with Gasteiger partial charge >= 0.3 is 0 Å². The Morgan fingerprint density at radius 2 is 1.74 bits per heavy atom. The standard InChI is InChI=1S/C15H23N3O/c1-8-17-18-15(19-8)13(7-16)14-11-3-9-2-10(5-11)6-12(14)4-9/h9-14H,2-7,16H2,1H3. The van der Waals surface area contributed by atoms with Crippen LogP contribution in [0.25, 0.3) is 0 Å². The van der Waals surface area contributed by atoms with Crippen molar-refractivity contribution in [3.63, 3.8) is 0 Å². The van der Waals surface area contributed by atoms with Crippen LogP contribution in [0, 0.1) is 36.5 Å². The fourth-order valence-corrected chi connectivity index (χ4v) is 5.51. The first-order valence-electron chi connectivity index (χ1n) is 7.74. The number of nitrogens with two attached hydrogens (primary N) is 1. The molecular weight excluding hydrogens is 238 g/mol. The predicted octanol–water partition coefficient (Wildman–Crippen LogP) is 2.49. The average Bonchev–Trinajstić information content (AvgIpc) is 2.79. The van der Waals surface area contributed by atoms with Crippen molar-refractivity contribution < 1.29 is 4.42 Å². The molecule has 4 fully saturated rings. The van der Waals surface area contributed by atoms with Crippen molar-refractivity contribution in [2.24, 2.45) is 35.3 Å². The zero-order valence-electron chi connectivity index (χ0n) is 11.6. The van der Waals surface area contributed by atoms with E-state index in [1.807, 2.05) is 6.92 Å². The van der Waals surface area contributed by atoms with Crippen LogP contribution in [0.3, 0.4) is 0 Å². The van der Waals surface area contributed by atoms with Gasteiger partial charge in [-0.2, -0.15) is 0 Å². The first-order chi connectivity index (χ1) is 9.24. The Hall–Kier alpha value is -0.900. The number of rotatable bonds is 3. The van der Waals surface area contributed by atoms with E-state index in [0.717, 1.165) is 29.6 Å². The summed E-state index contributed by atoms with van der Waals surface area (Å²) in [5, 5.41) is 8.25. The van der Waals surface area contributed by atoms with Crippen LogP contribution < -0.4 is 5.73 Å². The van der Waals surface area contributed by atoms with E-state index in [4.69, 9.17) is 10.2 Å². The minimum absolute atomic E-state index is 0.288. The zero-order valence-corrected chi connectivity index (χ0v) is 11.6. The molecule has 2 N–H and O–H groups in total. The maximum Gasteiger partial charge on any atom is 0.221 e. The highest BCUT2D eigenvalue weighted by molar-refractivity contribution is 5.06. The van der Waals surface area contributed by atoms with Crippen LogP contribution in [0.4, 0.5) is 0 Å². The number of aromatic nitrogens is 2. The van der Waals surface area contributed by atoms with Crippen molar-refractivity contribution in [2.45, 2.75) is 44.9 Å². The highest BCUT2D eigenvalue weighted by Gasteiger charge is 2.51. The van der Waals surface area contributed by atoms with E-state index >= 15 is 0 Å². The van der Waals surface area contributed by atoms with Crippen LogP contribution in [-0.2, 0) is 0 Å². The van der Waals surface area contributed by atoms with E-state index in [2.05, 4.69) is 10.2 Å². The van der Waals surface area contributed by atoms with Gasteiger partial charge in [-0.1, -0.05) is 0 Å². The minimum atomic E-state index is 0.288. The third kappa shape index (κ3) is 1.83. The molecule has 0 saturated heterocycles. The van der Waals surface area contributed by atoms with Gasteiger partial charge in [0.15, 0.2) is 0 Å². The molecule has 0 aromatic carbocycles. The molecule has 1 atom stereocenters. The average molecular weight is 261 g/mol. The van der Waals surface area contributed by atoms with Gasteiger partial charge < -0.3 is 10.2 Å². The summed E-state index contributed by atoms with van der Waals surface area (Å²) in [6.07, 6.45) is 7.16. The Kier molecular flexibility index (Phi) is 2.69. The molecule has 0 spiro atoms. The lowest BCUT2D eigenvalue weighted by molar-refractivity contribution is -0.0499. The second-order valence-electron chi connectivity index (χ2n) is 7.01. The number of aryl methyl sites for hydroxylation is 1. The van der Waals surface area contributed by atoms with Gasteiger partial charge in [0.1, 0.15) is 0 Å². The first-order valence-corrected chi connectivity index (χ1v) is 7.74. The second-order valence-corrected chi connectivity index (χ2v) is 7.01. The third-order valence-corrected chi connectivity index (χ3v) is 5.88. The molecule has 19 heavy (non-hydrogen) atoms. The van der Waals surface area contributed by atoms with Crippen LogP contribution in [0.1, 0.15) is 49.8 Å². The van der Waals surface area contributed by atoms with Crippen LogP contribution in [0.15, 0.2) is 4.42 Å². The van der Waals surface area contributed by atoms with E-state index in [0.29, 0.717) is 18.4 Å². The van der Waals surface area contributed by atoms with E-state index in [1.165, 1.54) is 32.1 Å². The number of hydrogen-bond acceptors (Lipinski definition) is 4. The molecule has 1 heterocycles. The van der Waals surface area contributed by atoms with Crippen LogP contribution in [0.5, 0.6) is 0 Å². The molecule has 4 nitrogen and oxygen atoms in total. The summed E-state index contributed by atoms with van der Waals surface area (Å²) in [4.78, 5) is 0. The minimum Gasteiger partial charge on any atom is -0.425 e. The van der Waals surface area contributed by atoms with Crippen LogP contribution in [0.2, 0.25) is 0 Å². The SMILES string of the molecule is Cc1nnc(C(CN)C2C3CC4CC(C3)CC2C4)o1. The maximum absolute atomic E-state index is 6.07. The Labute approximate surface area is 114 Å². The lowest BCUT2D eigenvalue weighted by Crippen LogP contribution is -2.48. The normalized spacial score (nSPS) is 41.7. The highest BCUT2D eigenvalue weighted by atomic mass is 16.4. The van der Waals surface area contributed by atoms with Gasteiger partial charge in [-0.3, -0.25) is 0 Å². The fraction of sp³-hybridized carbons (Fsp3) is 0.867. The molecule has 1 unspecified atom stereocenters. The molecule has 4 saturated carbocycles. The van der Waals surface area contributed by atoms with Gasteiger partial charge in [0.2, 0.25) is 11.8 Å². The van der Waals surface area contributed by atoms with Gasteiger partial charge in [-0.25, -0.2) is 0 Å². The molecule has 1 aromatic rings. The summed E-state index contributed by atoms with van der Waals surface area (Å²) in [6.45, 7) is 2.51. The van der Waals surface area contributed by atoms with Crippen molar-refractivity contribution in [3.8, 4) is 0 Å². The predicted molar refractivity (Wildman–Crippen MR) is 71.4 cm³/mol. The molecule has 0 amide bonds. The van der Waals surface area contributed by atoms with Crippen molar-refractivity contribution in [1.82, 2.24) is 10.2 Å². The molecule has 1 aromatic heterocycles. The summed E-state index contributed by atoms with van der Waals surface area (Å²) in [5.74, 6) is 6.15. The maximum atomic E-state index is 6.07. The molecule has 0 aliphatic heterocycles. The number of nitrogens with zero attached hydrogens (tertiary/aromatic N) is 2. The smallest absolute Gasteiger partial charge is 0.221 e. The van der Waals surface area contributed by atoms with Crippen LogP contribution >= 0.6 is 0 Å². The van der Waals surface area contributed by atoms with Gasteiger partial charge in [-0.15, -0.1) is 10.2 Å². The third-order valence-electron chi connectivity index (χ3n) is 5.88. The van der Waals surface area contributed by atoms with Crippen LogP contribution in [-0.4, -0.2) is 16.7 Å². The molecular formula is C15H23N3O. The lowest BCUT2D eigenvalue weighted by atomic mass is 9.49. The first kappa shape index (κ1) is 11.9. The molecule has 4 heteroatoms. The largest absolute Gasteiger partial charge is 0.425 e.